The summed E-state index contributed by atoms with van der Waals surface area (Å²) in [6.45, 7) is 8.42. The Hall–Kier alpha value is -1.45. The first kappa shape index (κ1) is 28.7. The highest BCUT2D eigenvalue weighted by Gasteiger charge is 1.95. The Morgan fingerprint density at radius 3 is 0.500 bits per heavy atom. The lowest BCUT2D eigenvalue weighted by Crippen LogP contribution is -1.97. The van der Waals surface area contributed by atoms with Gasteiger partial charge in [-0.15, -0.1) is 0 Å². The highest BCUT2D eigenvalue weighted by Crippen LogP contribution is 1.81. The molecule has 22 heavy (non-hydrogen) atoms. The van der Waals surface area contributed by atoms with E-state index in [-0.39, 0.29) is 71.3 Å². The predicted molar refractivity (Wildman–Crippen MR) is 83.7 cm³/mol. The minimum absolute atomic E-state index is 0. The van der Waals surface area contributed by atoms with Crippen molar-refractivity contribution in [1.29, 1.82) is 0 Å². The van der Waals surface area contributed by atoms with Crippen molar-refractivity contribution >= 4 is 52.1 Å². The summed E-state index contributed by atoms with van der Waals surface area (Å²) < 4.78 is 0. The summed E-state index contributed by atoms with van der Waals surface area (Å²) in [6.07, 6.45) is 0.250. The highest BCUT2D eigenvalue weighted by atomic mass is 27.0. The maximum atomic E-state index is 10.0. The fourth-order valence-electron chi connectivity index (χ4n) is 1.05. The monoisotopic (exact) mass is 327 g/mol. The van der Waals surface area contributed by atoms with Crippen molar-refractivity contribution in [2.75, 3.05) is 0 Å². The van der Waals surface area contributed by atoms with Gasteiger partial charge in [-0.05, 0) is 41.5 Å². The fourth-order valence-corrected chi connectivity index (χ4v) is 1.05. The molecule has 0 atom stereocenters. The van der Waals surface area contributed by atoms with Crippen LogP contribution in [-0.4, -0.2) is 52.1 Å². The summed E-state index contributed by atoms with van der Waals surface area (Å²) in [6, 6.07) is 0. The number of hydrogen-bond donors (Lipinski definition) is 0. The molecule has 0 unspecified atom stereocenters. The molecule has 0 bridgehead atoms. The molecule has 0 amide bonds. The van der Waals surface area contributed by atoms with E-state index in [9.17, 15) is 28.8 Å². The molecule has 0 fully saturated rings. The van der Waals surface area contributed by atoms with Gasteiger partial charge in [0.15, 0.2) is 0 Å². The van der Waals surface area contributed by atoms with Crippen LogP contribution in [0, 0.1) is 0 Å². The van der Waals surface area contributed by atoms with E-state index in [1.807, 2.05) is 0 Å². The molecular formula is C15H24AlO6. The Kier molecular flexibility index (Phi) is 22.9. The van der Waals surface area contributed by atoms with Crippen molar-refractivity contribution in [3.8, 4) is 0 Å². The van der Waals surface area contributed by atoms with Crippen LogP contribution in [-0.2, 0) is 28.8 Å². The van der Waals surface area contributed by atoms with E-state index in [1.165, 1.54) is 41.5 Å². The van der Waals surface area contributed by atoms with Crippen molar-refractivity contribution in [2.24, 2.45) is 0 Å². The zero-order valence-corrected chi connectivity index (χ0v) is 15.3. The van der Waals surface area contributed by atoms with Gasteiger partial charge < -0.3 is 0 Å². The van der Waals surface area contributed by atoms with Crippen LogP contribution in [0.5, 0.6) is 0 Å². The molecule has 0 N–H and O–H groups in total. The normalized spacial score (nSPS) is 7.91. The van der Waals surface area contributed by atoms with Gasteiger partial charge in [-0.1, -0.05) is 0 Å². The summed E-state index contributed by atoms with van der Waals surface area (Å²) in [5, 5.41) is 0. The number of Topliss-reactive ketones (excluding diaryl/α,β-unsaturated/α-hetero) is 6. The van der Waals surface area contributed by atoms with Crippen LogP contribution in [0.4, 0.5) is 0 Å². The molecule has 6 nitrogen and oxygen atoms in total. The average Bonchev–Trinajstić information content (AvgIpc) is 2.10. The van der Waals surface area contributed by atoms with E-state index in [4.69, 9.17) is 0 Å². The van der Waals surface area contributed by atoms with E-state index < -0.39 is 0 Å². The molecule has 0 aliphatic heterocycles. The lowest BCUT2D eigenvalue weighted by Gasteiger charge is -1.81. The molecule has 0 spiro atoms. The van der Waals surface area contributed by atoms with E-state index in [0.29, 0.717) is 0 Å². The number of hydrogen-bond acceptors (Lipinski definition) is 6. The SMILES string of the molecule is CC(=O)CC(C)=O.CC(=O)CC(C)=O.CC(=O)CC(C)=O.[Al]. The van der Waals surface area contributed by atoms with Crippen molar-refractivity contribution in [3.05, 3.63) is 0 Å². The van der Waals surface area contributed by atoms with Crippen LogP contribution in [0.2, 0.25) is 0 Å². The molecule has 3 radical (unpaired) electrons. The summed E-state index contributed by atoms with van der Waals surface area (Å²) in [5.41, 5.74) is 0. The summed E-state index contributed by atoms with van der Waals surface area (Å²) in [7, 11) is 0. The number of ketones is 6. The van der Waals surface area contributed by atoms with Gasteiger partial charge in [-0.25, -0.2) is 0 Å². The van der Waals surface area contributed by atoms with Gasteiger partial charge >= 0.3 is 0 Å². The van der Waals surface area contributed by atoms with Gasteiger partial charge in [0.25, 0.3) is 0 Å². The fraction of sp³-hybridized carbons (Fsp3) is 0.600. The Bertz CT molecular complexity index is 314. The molecule has 123 valence electrons. The van der Waals surface area contributed by atoms with Crippen molar-refractivity contribution in [1.82, 2.24) is 0 Å². The van der Waals surface area contributed by atoms with E-state index in [1.54, 1.807) is 0 Å². The second kappa shape index (κ2) is 17.6. The van der Waals surface area contributed by atoms with Gasteiger partial charge in [0.1, 0.15) is 34.7 Å². The standard InChI is InChI=1S/3C5H8O2.Al/c3*1-4(6)3-5(2)7;/h3*3H2,1-2H3;. The molecule has 0 saturated carbocycles. The van der Waals surface area contributed by atoms with Crippen LogP contribution < -0.4 is 0 Å². The molecule has 0 aromatic carbocycles. The zero-order valence-electron chi connectivity index (χ0n) is 14.1. The van der Waals surface area contributed by atoms with Crippen LogP contribution in [0.1, 0.15) is 60.8 Å². The second-order valence-corrected chi connectivity index (χ2v) is 4.74. The first-order valence-corrected chi connectivity index (χ1v) is 6.35. The Labute approximate surface area is 142 Å². The number of rotatable bonds is 6. The van der Waals surface area contributed by atoms with Gasteiger partial charge in [0.2, 0.25) is 0 Å². The third kappa shape index (κ3) is 51.3. The number of carbonyl (C=O) groups excluding carboxylic acids is 6. The van der Waals surface area contributed by atoms with Crippen LogP contribution in [0.15, 0.2) is 0 Å². The average molecular weight is 327 g/mol. The van der Waals surface area contributed by atoms with Crippen molar-refractivity contribution in [2.45, 2.75) is 60.8 Å². The minimum Gasteiger partial charge on any atom is -0.300 e. The molecule has 0 aromatic rings. The molecular weight excluding hydrogens is 303 g/mol. The molecule has 0 aliphatic carbocycles. The first-order chi connectivity index (χ1) is 9.38. The summed E-state index contributed by atoms with van der Waals surface area (Å²) >= 11 is 0. The maximum absolute atomic E-state index is 10.0. The van der Waals surface area contributed by atoms with Crippen LogP contribution in [0.25, 0.3) is 0 Å². The second-order valence-electron chi connectivity index (χ2n) is 4.74. The third-order valence-corrected chi connectivity index (χ3v) is 1.49. The van der Waals surface area contributed by atoms with Crippen LogP contribution >= 0.6 is 0 Å². The lowest BCUT2D eigenvalue weighted by molar-refractivity contribution is -0.126. The zero-order chi connectivity index (χ0) is 17.6. The Morgan fingerprint density at radius 1 is 0.409 bits per heavy atom. The molecule has 0 saturated heterocycles. The van der Waals surface area contributed by atoms with Crippen molar-refractivity contribution < 1.29 is 28.8 Å². The first-order valence-electron chi connectivity index (χ1n) is 6.35. The van der Waals surface area contributed by atoms with Crippen molar-refractivity contribution in [3.63, 3.8) is 0 Å². The quantitative estimate of drug-likeness (QED) is 0.538. The van der Waals surface area contributed by atoms with E-state index in [0.717, 1.165) is 0 Å². The molecule has 7 heteroatoms. The smallest absolute Gasteiger partial charge is 0.137 e. The van der Waals surface area contributed by atoms with Gasteiger partial charge in [0, 0.05) is 17.4 Å². The number of carbonyl (C=O) groups is 6. The molecule has 0 aromatic heterocycles. The topological polar surface area (TPSA) is 102 Å². The third-order valence-electron chi connectivity index (χ3n) is 1.49. The largest absolute Gasteiger partial charge is 0.300 e. The van der Waals surface area contributed by atoms with Crippen LogP contribution in [0.3, 0.4) is 0 Å². The molecule has 0 heterocycles. The lowest BCUT2D eigenvalue weighted by atomic mass is 10.2. The molecule has 0 aliphatic rings. The Morgan fingerprint density at radius 2 is 0.500 bits per heavy atom. The minimum atomic E-state index is -0.0625. The highest BCUT2D eigenvalue weighted by molar-refractivity contribution is 5.97. The molecule has 0 rings (SSSR count). The van der Waals surface area contributed by atoms with Gasteiger partial charge in [-0.3, -0.25) is 28.8 Å². The predicted octanol–water partition coefficient (Wildman–Crippen LogP) is 1.28. The van der Waals surface area contributed by atoms with E-state index in [2.05, 4.69) is 0 Å². The maximum Gasteiger partial charge on any atom is 0.137 e. The Balaban J connectivity index is -0.000000108. The van der Waals surface area contributed by atoms with Gasteiger partial charge in [0.05, 0.1) is 19.3 Å². The summed E-state index contributed by atoms with van der Waals surface area (Å²) in [5.74, 6) is -0.375. The van der Waals surface area contributed by atoms with Gasteiger partial charge in [-0.2, -0.15) is 0 Å². The summed E-state index contributed by atoms with van der Waals surface area (Å²) in [4.78, 5) is 60.2. The van der Waals surface area contributed by atoms with E-state index >= 15 is 0 Å².